The van der Waals surface area contributed by atoms with Crippen LogP contribution in [0.15, 0.2) is 35.7 Å². The molecule has 0 bridgehead atoms. The van der Waals surface area contributed by atoms with Gasteiger partial charge in [-0.3, -0.25) is 14.9 Å². The number of rotatable bonds is 5. The molecule has 0 saturated carbocycles. The Labute approximate surface area is 132 Å². The number of benzene rings is 1. The van der Waals surface area contributed by atoms with Crippen molar-refractivity contribution in [2.45, 2.75) is 35.5 Å². The van der Waals surface area contributed by atoms with E-state index in [1.54, 1.807) is 6.07 Å². The Morgan fingerprint density at radius 1 is 1.68 bits per heavy atom. The Bertz CT molecular complexity index is 618. The number of fused-ring (bicyclic) bond motifs is 1. The van der Waals surface area contributed by atoms with Gasteiger partial charge in [0.05, 0.1) is 11.3 Å². The van der Waals surface area contributed by atoms with E-state index in [-0.39, 0.29) is 24.0 Å². The van der Waals surface area contributed by atoms with Crippen molar-refractivity contribution < 1.29 is 19.6 Å². The van der Waals surface area contributed by atoms with E-state index in [0.29, 0.717) is 12.0 Å². The van der Waals surface area contributed by atoms with Crippen molar-refractivity contribution in [2.75, 3.05) is 6.61 Å². The first kappa shape index (κ1) is 16.5. The van der Waals surface area contributed by atoms with Gasteiger partial charge in [-0.05, 0) is 12.5 Å². The summed E-state index contributed by atoms with van der Waals surface area (Å²) in [7, 11) is 0. The van der Waals surface area contributed by atoms with Crippen molar-refractivity contribution in [3.63, 3.8) is 0 Å². The Hall–Kier alpha value is -1.86. The smallest absolute Gasteiger partial charge is 0.309 e. The predicted octanol–water partition coefficient (Wildman–Crippen LogP) is 2.79. The number of carbonyl (C=O) groups is 1. The molecular weight excluding hydrogens is 306 g/mol. The summed E-state index contributed by atoms with van der Waals surface area (Å²) in [5, 5.41) is 21.9. The molecule has 0 spiro atoms. The molecule has 1 aromatic rings. The van der Waals surface area contributed by atoms with Crippen molar-refractivity contribution in [3.05, 3.63) is 46.5 Å². The quantitative estimate of drug-likeness (QED) is 0.388. The molecule has 1 aliphatic heterocycles. The van der Waals surface area contributed by atoms with Crippen LogP contribution in [0, 0.1) is 10.1 Å². The van der Waals surface area contributed by atoms with Crippen LogP contribution >= 0.6 is 11.8 Å². The highest BCUT2D eigenvalue weighted by Gasteiger charge is 2.41. The lowest BCUT2D eigenvalue weighted by Gasteiger charge is -2.36. The maximum absolute atomic E-state index is 11.8. The molecule has 2 rings (SSSR count). The Kier molecular flexibility index (Phi) is 4.87. The normalized spacial score (nSPS) is 23.5. The van der Waals surface area contributed by atoms with Gasteiger partial charge in [0.1, 0.15) is 12.2 Å². The molecule has 0 saturated heterocycles. The van der Waals surface area contributed by atoms with Gasteiger partial charge in [-0.1, -0.05) is 19.6 Å². The third-order valence-electron chi connectivity index (χ3n) is 3.43. The van der Waals surface area contributed by atoms with Gasteiger partial charge in [0.25, 0.3) is 5.69 Å². The Morgan fingerprint density at radius 3 is 3.05 bits per heavy atom. The van der Waals surface area contributed by atoms with E-state index in [1.165, 1.54) is 30.0 Å². The van der Waals surface area contributed by atoms with Crippen molar-refractivity contribution in [2.24, 2.45) is 0 Å². The summed E-state index contributed by atoms with van der Waals surface area (Å²) in [4.78, 5) is 23.0. The third-order valence-corrected chi connectivity index (χ3v) is 4.61. The second-order valence-electron chi connectivity index (χ2n) is 5.25. The standard InChI is InChI=1S/C15H17NO5S/c1-3-6-21-14(17)9-15(18)8-10(2)22-13-5-4-11(16(19)20)7-12(13)15/h3-5,7,10,18H,1,6,8-9H2,2H3/t10-,15-/m1/s1. The molecule has 0 unspecified atom stereocenters. The van der Waals surface area contributed by atoms with Gasteiger partial charge >= 0.3 is 5.97 Å². The number of hydrogen-bond donors (Lipinski definition) is 1. The van der Waals surface area contributed by atoms with Crippen LogP contribution in [0.4, 0.5) is 5.69 Å². The van der Waals surface area contributed by atoms with E-state index in [9.17, 15) is 20.0 Å². The zero-order valence-electron chi connectivity index (χ0n) is 12.2. The van der Waals surface area contributed by atoms with Gasteiger partial charge in [0, 0.05) is 27.8 Å². The second-order valence-corrected chi connectivity index (χ2v) is 6.73. The predicted molar refractivity (Wildman–Crippen MR) is 82.7 cm³/mol. The largest absolute Gasteiger partial charge is 0.461 e. The number of nitrogens with zero attached hydrogens (tertiary/aromatic N) is 1. The first-order valence-corrected chi connectivity index (χ1v) is 7.68. The molecule has 0 amide bonds. The van der Waals surface area contributed by atoms with Crippen LogP contribution in [0.5, 0.6) is 0 Å². The fourth-order valence-corrected chi connectivity index (χ4v) is 3.87. The van der Waals surface area contributed by atoms with Gasteiger partial charge in [0.2, 0.25) is 0 Å². The zero-order valence-corrected chi connectivity index (χ0v) is 13.0. The molecule has 1 heterocycles. The Morgan fingerprint density at radius 2 is 2.41 bits per heavy atom. The van der Waals surface area contributed by atoms with Crippen LogP contribution in [0.25, 0.3) is 0 Å². The van der Waals surface area contributed by atoms with Crippen molar-refractivity contribution in [3.8, 4) is 0 Å². The van der Waals surface area contributed by atoms with E-state index < -0.39 is 16.5 Å². The molecule has 6 nitrogen and oxygen atoms in total. The zero-order chi connectivity index (χ0) is 16.3. The lowest BCUT2D eigenvalue weighted by atomic mass is 9.85. The number of carbonyl (C=O) groups excluding carboxylic acids is 1. The molecule has 1 aliphatic rings. The summed E-state index contributed by atoms with van der Waals surface area (Å²) in [6.07, 6.45) is 1.54. The maximum atomic E-state index is 11.8. The van der Waals surface area contributed by atoms with Crippen LogP contribution in [0.1, 0.15) is 25.3 Å². The SMILES string of the molecule is C=CCOC(=O)C[C@]1(O)C[C@@H](C)Sc2ccc([N+](=O)[O-])cc21. The summed E-state index contributed by atoms with van der Waals surface area (Å²) in [5.41, 5.74) is -1.14. The minimum Gasteiger partial charge on any atom is -0.461 e. The molecule has 1 aromatic carbocycles. The fourth-order valence-electron chi connectivity index (χ4n) is 2.55. The molecule has 2 atom stereocenters. The number of non-ortho nitro benzene ring substituents is 1. The average molecular weight is 323 g/mol. The van der Waals surface area contributed by atoms with E-state index in [4.69, 9.17) is 4.74 Å². The van der Waals surface area contributed by atoms with Gasteiger partial charge < -0.3 is 9.84 Å². The minimum atomic E-state index is -1.45. The highest BCUT2D eigenvalue weighted by Crippen LogP contribution is 2.47. The summed E-state index contributed by atoms with van der Waals surface area (Å²) >= 11 is 1.53. The number of thioether (sulfide) groups is 1. The number of ether oxygens (including phenoxy) is 1. The fraction of sp³-hybridized carbons (Fsp3) is 0.400. The summed E-state index contributed by atoms with van der Waals surface area (Å²) in [6.45, 7) is 5.47. The van der Waals surface area contributed by atoms with Crippen LogP contribution < -0.4 is 0 Å². The molecule has 118 valence electrons. The van der Waals surface area contributed by atoms with Crippen molar-refractivity contribution in [1.29, 1.82) is 0 Å². The first-order chi connectivity index (χ1) is 10.4. The number of aliphatic hydroxyl groups is 1. The van der Waals surface area contributed by atoms with E-state index in [0.717, 1.165) is 4.90 Å². The highest BCUT2D eigenvalue weighted by atomic mass is 32.2. The molecule has 0 aliphatic carbocycles. The maximum Gasteiger partial charge on any atom is 0.309 e. The summed E-state index contributed by atoms with van der Waals surface area (Å²) in [6, 6.07) is 4.36. The van der Waals surface area contributed by atoms with Crippen LogP contribution in [-0.2, 0) is 15.1 Å². The van der Waals surface area contributed by atoms with Gasteiger partial charge in [-0.25, -0.2) is 0 Å². The van der Waals surface area contributed by atoms with E-state index >= 15 is 0 Å². The number of nitro benzene ring substituents is 1. The van der Waals surface area contributed by atoms with Gasteiger partial charge in [0.15, 0.2) is 0 Å². The number of hydrogen-bond acceptors (Lipinski definition) is 6. The van der Waals surface area contributed by atoms with Crippen molar-refractivity contribution in [1.82, 2.24) is 0 Å². The lowest BCUT2D eigenvalue weighted by Crippen LogP contribution is -2.36. The number of esters is 1. The van der Waals surface area contributed by atoms with Crippen molar-refractivity contribution >= 4 is 23.4 Å². The van der Waals surface area contributed by atoms with Crippen LogP contribution in [0.3, 0.4) is 0 Å². The topological polar surface area (TPSA) is 89.7 Å². The molecule has 1 N–H and O–H groups in total. The van der Waals surface area contributed by atoms with Crippen LogP contribution in [0.2, 0.25) is 0 Å². The van der Waals surface area contributed by atoms with Gasteiger partial charge in [-0.15, -0.1) is 11.8 Å². The number of nitro groups is 1. The first-order valence-electron chi connectivity index (χ1n) is 6.80. The molecule has 0 fully saturated rings. The lowest BCUT2D eigenvalue weighted by molar-refractivity contribution is -0.385. The van der Waals surface area contributed by atoms with E-state index in [2.05, 4.69) is 6.58 Å². The minimum absolute atomic E-state index is 0.0704. The van der Waals surface area contributed by atoms with E-state index in [1.807, 2.05) is 6.92 Å². The monoisotopic (exact) mass is 323 g/mol. The summed E-state index contributed by atoms with van der Waals surface area (Å²) < 4.78 is 4.93. The second kappa shape index (κ2) is 6.50. The summed E-state index contributed by atoms with van der Waals surface area (Å²) in [5.74, 6) is -0.557. The molecule has 0 aromatic heterocycles. The third kappa shape index (κ3) is 3.48. The average Bonchev–Trinajstić information content (AvgIpc) is 2.44. The molecule has 7 heteroatoms. The van der Waals surface area contributed by atoms with Crippen LogP contribution in [-0.4, -0.2) is 27.9 Å². The highest BCUT2D eigenvalue weighted by molar-refractivity contribution is 8.00. The van der Waals surface area contributed by atoms with Gasteiger partial charge in [-0.2, -0.15) is 0 Å². The Balaban J connectivity index is 2.35. The molecule has 0 radical (unpaired) electrons. The molecular formula is C15H17NO5S. The molecule has 22 heavy (non-hydrogen) atoms.